The lowest BCUT2D eigenvalue weighted by molar-refractivity contribution is 0.0697. The highest BCUT2D eigenvalue weighted by Gasteiger charge is 2.44. The van der Waals surface area contributed by atoms with E-state index in [4.69, 9.17) is 27.7 Å². The number of benzene rings is 2. The van der Waals surface area contributed by atoms with Gasteiger partial charge in [0.2, 0.25) is 0 Å². The first-order valence-electron chi connectivity index (χ1n) is 11.7. The molecule has 2 fully saturated rings. The Balaban J connectivity index is 1.27. The predicted molar refractivity (Wildman–Crippen MR) is 134 cm³/mol. The fourth-order valence-electron chi connectivity index (χ4n) is 5.38. The van der Waals surface area contributed by atoms with Gasteiger partial charge in [-0.2, -0.15) is 0 Å². The minimum atomic E-state index is -0.892. The van der Waals surface area contributed by atoms with Crippen LogP contribution >= 0.6 is 23.2 Å². The van der Waals surface area contributed by atoms with Gasteiger partial charge in [-0.05, 0) is 73.4 Å². The molecule has 3 aromatic rings. The summed E-state index contributed by atoms with van der Waals surface area (Å²) in [6.07, 6.45) is 7.69. The van der Waals surface area contributed by atoms with Gasteiger partial charge in [0.25, 0.3) is 0 Å². The summed E-state index contributed by atoms with van der Waals surface area (Å²) in [5.41, 5.74) is 5.32. The standard InChI is InChI=1S/C27H24Cl2N2O3/c28-20-5-2-6-21(29)23(20)24-22(25(34-30-24)16-7-8-16)18-14-27(15-18)9-11-31(12-10-27)19-4-1-3-17(13-19)26(32)33/h1-6,13-14,16H,7-12,15H2,(H,32,33). The van der Waals surface area contributed by atoms with Crippen molar-refractivity contribution in [2.24, 2.45) is 5.41 Å². The van der Waals surface area contributed by atoms with Gasteiger partial charge in [0.05, 0.1) is 15.6 Å². The summed E-state index contributed by atoms with van der Waals surface area (Å²) < 4.78 is 5.86. The van der Waals surface area contributed by atoms with Crippen LogP contribution in [-0.4, -0.2) is 29.3 Å². The molecule has 6 rings (SSSR count). The molecular formula is C27H24Cl2N2O3. The largest absolute Gasteiger partial charge is 0.478 e. The van der Waals surface area contributed by atoms with Crippen LogP contribution in [0.3, 0.4) is 0 Å². The molecule has 2 aliphatic carbocycles. The van der Waals surface area contributed by atoms with Crippen molar-refractivity contribution in [2.75, 3.05) is 18.0 Å². The Morgan fingerprint density at radius 1 is 1.06 bits per heavy atom. The highest BCUT2D eigenvalue weighted by molar-refractivity contribution is 6.39. The van der Waals surface area contributed by atoms with Crippen molar-refractivity contribution in [3.8, 4) is 11.3 Å². The number of nitrogens with zero attached hydrogens (tertiary/aromatic N) is 2. The molecule has 1 aliphatic heterocycles. The number of aromatic carboxylic acids is 1. The van der Waals surface area contributed by atoms with Crippen molar-refractivity contribution in [1.82, 2.24) is 5.16 Å². The number of anilines is 1. The van der Waals surface area contributed by atoms with Crippen molar-refractivity contribution in [2.45, 2.75) is 38.0 Å². The second-order valence-electron chi connectivity index (χ2n) is 9.69. The first-order valence-corrected chi connectivity index (χ1v) is 12.4. The van der Waals surface area contributed by atoms with Crippen molar-refractivity contribution in [3.63, 3.8) is 0 Å². The van der Waals surface area contributed by atoms with Gasteiger partial charge in [-0.1, -0.05) is 46.6 Å². The molecule has 1 saturated heterocycles. The maximum Gasteiger partial charge on any atom is 0.335 e. The highest BCUT2D eigenvalue weighted by Crippen LogP contribution is 2.56. The highest BCUT2D eigenvalue weighted by atomic mass is 35.5. The van der Waals surface area contributed by atoms with Crippen LogP contribution in [0.1, 0.15) is 59.7 Å². The van der Waals surface area contributed by atoms with E-state index in [1.54, 1.807) is 12.1 Å². The van der Waals surface area contributed by atoms with Crippen molar-refractivity contribution >= 4 is 40.4 Å². The van der Waals surface area contributed by atoms with E-state index in [1.807, 2.05) is 30.3 Å². The molecule has 34 heavy (non-hydrogen) atoms. The van der Waals surface area contributed by atoms with Crippen molar-refractivity contribution < 1.29 is 14.4 Å². The molecule has 174 valence electrons. The number of aromatic nitrogens is 1. The van der Waals surface area contributed by atoms with Crippen LogP contribution in [0, 0.1) is 5.41 Å². The van der Waals surface area contributed by atoms with E-state index in [-0.39, 0.29) is 5.41 Å². The topological polar surface area (TPSA) is 66.6 Å². The summed E-state index contributed by atoms with van der Waals surface area (Å²) in [4.78, 5) is 13.6. The Labute approximate surface area is 208 Å². The maximum atomic E-state index is 11.3. The minimum absolute atomic E-state index is 0.163. The van der Waals surface area contributed by atoms with Crippen LogP contribution in [0.5, 0.6) is 0 Å². The Kier molecular flexibility index (Phi) is 5.23. The summed E-state index contributed by atoms with van der Waals surface area (Å²) in [7, 11) is 0. The van der Waals surface area contributed by atoms with Crippen LogP contribution < -0.4 is 4.90 Å². The van der Waals surface area contributed by atoms with Crippen LogP contribution in [0.15, 0.2) is 53.1 Å². The van der Waals surface area contributed by atoms with Gasteiger partial charge in [0.15, 0.2) is 0 Å². The number of piperidine rings is 1. The molecule has 0 atom stereocenters. The third-order valence-electron chi connectivity index (χ3n) is 7.43. The van der Waals surface area contributed by atoms with E-state index >= 15 is 0 Å². The predicted octanol–water partition coefficient (Wildman–Crippen LogP) is 7.30. The van der Waals surface area contributed by atoms with E-state index in [1.165, 1.54) is 5.57 Å². The molecule has 0 bridgehead atoms. The number of hydrogen-bond acceptors (Lipinski definition) is 4. The van der Waals surface area contributed by atoms with Gasteiger partial charge in [-0.15, -0.1) is 0 Å². The number of hydrogen-bond donors (Lipinski definition) is 1. The number of halogens is 2. The quantitative estimate of drug-likeness (QED) is 0.402. The van der Waals surface area contributed by atoms with Crippen LogP contribution in [0.25, 0.3) is 16.8 Å². The smallest absolute Gasteiger partial charge is 0.335 e. The third-order valence-corrected chi connectivity index (χ3v) is 8.06. The van der Waals surface area contributed by atoms with E-state index < -0.39 is 5.97 Å². The average molecular weight is 495 g/mol. The maximum absolute atomic E-state index is 11.3. The Hall–Kier alpha value is -2.76. The van der Waals surface area contributed by atoms with Crippen molar-refractivity contribution in [1.29, 1.82) is 0 Å². The van der Waals surface area contributed by atoms with Crippen LogP contribution in [0.2, 0.25) is 10.0 Å². The van der Waals surface area contributed by atoms with Gasteiger partial charge in [-0.25, -0.2) is 4.79 Å². The molecule has 2 heterocycles. The Morgan fingerprint density at radius 2 is 1.74 bits per heavy atom. The van der Waals surface area contributed by atoms with Gasteiger partial charge < -0.3 is 14.5 Å². The molecular weight excluding hydrogens is 471 g/mol. The summed E-state index contributed by atoms with van der Waals surface area (Å²) in [6.45, 7) is 1.80. The molecule has 1 saturated carbocycles. The number of carbonyl (C=O) groups is 1. The second kappa shape index (κ2) is 8.17. The van der Waals surface area contributed by atoms with Crippen LogP contribution in [0.4, 0.5) is 5.69 Å². The summed E-state index contributed by atoms with van der Waals surface area (Å²) in [6, 6.07) is 12.7. The average Bonchev–Trinajstić information content (AvgIpc) is 3.57. The molecule has 0 amide bonds. The van der Waals surface area contributed by atoms with E-state index in [0.717, 1.165) is 73.5 Å². The zero-order valence-corrected chi connectivity index (χ0v) is 20.1. The molecule has 0 unspecified atom stereocenters. The van der Waals surface area contributed by atoms with Gasteiger partial charge >= 0.3 is 5.97 Å². The number of allylic oxidation sites excluding steroid dienone is 2. The molecule has 1 N–H and O–H groups in total. The first-order chi connectivity index (χ1) is 16.4. The normalized spacial score (nSPS) is 19.1. The number of carboxylic acids is 1. The lowest BCUT2D eigenvalue weighted by atomic mass is 9.63. The number of rotatable bonds is 5. The fourth-order valence-corrected chi connectivity index (χ4v) is 5.96. The minimum Gasteiger partial charge on any atom is -0.478 e. The van der Waals surface area contributed by atoms with Gasteiger partial charge in [0, 0.05) is 35.8 Å². The molecule has 1 aromatic heterocycles. The second-order valence-corrected chi connectivity index (χ2v) is 10.5. The molecule has 5 nitrogen and oxygen atoms in total. The van der Waals surface area contributed by atoms with Crippen molar-refractivity contribution in [3.05, 3.63) is 75.5 Å². The molecule has 1 spiro atoms. The number of carboxylic acid groups (broad SMARTS) is 1. The lowest BCUT2D eigenvalue weighted by Crippen LogP contribution is -2.42. The van der Waals surface area contributed by atoms with E-state index in [9.17, 15) is 9.90 Å². The Bertz CT molecular complexity index is 1300. The zero-order chi connectivity index (χ0) is 23.4. The van der Waals surface area contributed by atoms with Gasteiger partial charge in [-0.3, -0.25) is 0 Å². The van der Waals surface area contributed by atoms with E-state index in [2.05, 4.69) is 16.1 Å². The SMILES string of the molecule is O=C(O)c1cccc(N2CCC3(C=C(c4c(-c5c(Cl)cccc5Cl)noc4C4CC4)C3)CC2)c1. The molecule has 3 aliphatic rings. The monoisotopic (exact) mass is 494 g/mol. The molecule has 7 heteroatoms. The summed E-state index contributed by atoms with van der Waals surface area (Å²) in [5, 5.41) is 14.9. The Morgan fingerprint density at radius 3 is 2.38 bits per heavy atom. The van der Waals surface area contributed by atoms with E-state index in [0.29, 0.717) is 21.5 Å². The molecule has 2 aromatic carbocycles. The lowest BCUT2D eigenvalue weighted by Gasteiger charge is -2.47. The summed E-state index contributed by atoms with van der Waals surface area (Å²) >= 11 is 13.1. The van der Waals surface area contributed by atoms with Crippen LogP contribution in [-0.2, 0) is 0 Å². The summed E-state index contributed by atoms with van der Waals surface area (Å²) in [5.74, 6) is 0.504. The third kappa shape index (κ3) is 3.71. The zero-order valence-electron chi connectivity index (χ0n) is 18.6. The molecule has 0 radical (unpaired) electrons. The van der Waals surface area contributed by atoms with Gasteiger partial charge in [0.1, 0.15) is 11.5 Å². The fraction of sp³-hybridized carbons (Fsp3) is 0.333. The first kappa shape index (κ1) is 21.8.